The Morgan fingerprint density at radius 1 is 1.70 bits per heavy atom. The lowest BCUT2D eigenvalue weighted by molar-refractivity contribution is 0.173. The van der Waals surface area contributed by atoms with Crippen molar-refractivity contribution in [3.63, 3.8) is 0 Å². The molecule has 1 aliphatic heterocycles. The predicted octanol–water partition coefficient (Wildman–Crippen LogP) is 0.0620. The zero-order valence-electron chi connectivity index (χ0n) is 5.08. The van der Waals surface area contributed by atoms with Crippen LogP contribution in [0.25, 0.3) is 0 Å². The van der Waals surface area contributed by atoms with Gasteiger partial charge in [0, 0.05) is 6.42 Å². The highest BCUT2D eigenvalue weighted by Gasteiger charge is 2.16. The normalized spacial score (nSPS) is 18.3. The number of hydrogen-bond acceptors (Lipinski definition) is 4. The summed E-state index contributed by atoms with van der Waals surface area (Å²) in [7, 11) is -4.42. The Labute approximate surface area is 57.9 Å². The maximum absolute atomic E-state index is 11.9. The van der Waals surface area contributed by atoms with E-state index in [1.807, 2.05) is 0 Å². The summed E-state index contributed by atoms with van der Waals surface area (Å²) in [6.07, 6.45) is 0.406. The lowest BCUT2D eigenvalue weighted by atomic mass is 10.3. The Kier molecular flexibility index (Phi) is 1.89. The summed E-state index contributed by atoms with van der Waals surface area (Å²) >= 11 is 0. The molecule has 0 bridgehead atoms. The van der Waals surface area contributed by atoms with Crippen LogP contribution < -0.4 is 0 Å². The van der Waals surface area contributed by atoms with Crippen LogP contribution in [0.3, 0.4) is 0 Å². The van der Waals surface area contributed by atoms with E-state index in [0.717, 1.165) is 0 Å². The van der Waals surface area contributed by atoms with Gasteiger partial charge >= 0.3 is 10.2 Å². The van der Waals surface area contributed by atoms with Crippen LogP contribution in [0.4, 0.5) is 3.89 Å². The molecular formula is C4H6FNO3S. The largest absolute Gasteiger partial charge is 0.395 e. The van der Waals surface area contributed by atoms with Crippen molar-refractivity contribution < 1.29 is 17.1 Å². The molecule has 0 unspecified atom stereocenters. The van der Waals surface area contributed by atoms with Crippen molar-refractivity contribution in [3.8, 4) is 0 Å². The molecule has 6 heteroatoms. The highest BCUT2D eigenvalue weighted by atomic mass is 32.3. The summed E-state index contributed by atoms with van der Waals surface area (Å²) in [5, 5.41) is 3.32. The second-order valence-electron chi connectivity index (χ2n) is 1.92. The molecule has 1 heterocycles. The Hall–Kier alpha value is -0.650. The molecule has 1 rings (SSSR count). The van der Waals surface area contributed by atoms with Gasteiger partial charge in [-0.3, -0.25) is 0 Å². The molecule has 0 fully saturated rings. The Morgan fingerprint density at radius 2 is 2.40 bits per heavy atom. The summed E-state index contributed by atoms with van der Waals surface area (Å²) in [4.78, 5) is 4.46. The summed E-state index contributed by atoms with van der Waals surface area (Å²) in [5.74, 6) is -0.632. The van der Waals surface area contributed by atoms with Crippen molar-refractivity contribution in [2.75, 3.05) is 12.4 Å². The quantitative estimate of drug-likeness (QED) is 0.546. The van der Waals surface area contributed by atoms with E-state index in [1.165, 1.54) is 0 Å². The third-order valence-electron chi connectivity index (χ3n) is 1.01. The molecule has 0 saturated heterocycles. The van der Waals surface area contributed by atoms with Gasteiger partial charge in [0.25, 0.3) is 0 Å². The molecule has 58 valence electrons. The molecule has 0 N–H and O–H groups in total. The van der Waals surface area contributed by atoms with E-state index in [2.05, 4.69) is 9.99 Å². The molecule has 0 aromatic rings. The standard InChI is InChI=1S/C4H6FNO3S/c5-10(7,8)3-4-1-2-9-6-4/h1-3H2. The van der Waals surface area contributed by atoms with Gasteiger partial charge in [0.1, 0.15) is 12.4 Å². The highest BCUT2D eigenvalue weighted by molar-refractivity contribution is 7.87. The highest BCUT2D eigenvalue weighted by Crippen LogP contribution is 2.03. The van der Waals surface area contributed by atoms with E-state index >= 15 is 0 Å². The third kappa shape index (κ3) is 2.30. The van der Waals surface area contributed by atoms with E-state index in [4.69, 9.17) is 0 Å². The van der Waals surface area contributed by atoms with Crippen molar-refractivity contribution >= 4 is 15.9 Å². The molecular weight excluding hydrogens is 161 g/mol. The van der Waals surface area contributed by atoms with Crippen molar-refractivity contribution in [3.05, 3.63) is 0 Å². The lowest BCUT2D eigenvalue weighted by Gasteiger charge is -1.88. The first-order chi connectivity index (χ1) is 4.58. The fraction of sp³-hybridized carbons (Fsp3) is 0.750. The number of oxime groups is 1. The Bertz CT molecular complexity index is 245. The van der Waals surface area contributed by atoms with Gasteiger partial charge in [0.2, 0.25) is 0 Å². The van der Waals surface area contributed by atoms with E-state index in [-0.39, 0.29) is 5.71 Å². The molecule has 0 radical (unpaired) electrons. The van der Waals surface area contributed by atoms with Gasteiger partial charge in [0.05, 0.1) is 5.71 Å². The molecule has 1 aliphatic rings. The first kappa shape index (κ1) is 7.46. The summed E-state index contributed by atoms with van der Waals surface area (Å²) in [6, 6.07) is 0. The smallest absolute Gasteiger partial charge is 0.307 e. The van der Waals surface area contributed by atoms with E-state index < -0.39 is 16.0 Å². The van der Waals surface area contributed by atoms with Crippen molar-refractivity contribution in [1.29, 1.82) is 0 Å². The first-order valence-electron chi connectivity index (χ1n) is 2.68. The van der Waals surface area contributed by atoms with E-state index in [0.29, 0.717) is 13.0 Å². The molecule has 0 saturated carbocycles. The minimum Gasteiger partial charge on any atom is -0.395 e. The average molecular weight is 167 g/mol. The number of rotatable bonds is 2. The van der Waals surface area contributed by atoms with Crippen molar-refractivity contribution in [2.45, 2.75) is 6.42 Å². The Morgan fingerprint density at radius 3 is 2.80 bits per heavy atom. The molecule has 0 aliphatic carbocycles. The number of nitrogens with zero attached hydrogens (tertiary/aromatic N) is 1. The molecule has 0 atom stereocenters. The summed E-state index contributed by atoms with van der Waals surface area (Å²) in [6.45, 7) is 0.352. The molecule has 0 aromatic heterocycles. The van der Waals surface area contributed by atoms with Crippen LogP contribution in [0.5, 0.6) is 0 Å². The van der Waals surface area contributed by atoms with Crippen LogP contribution in [-0.2, 0) is 15.1 Å². The average Bonchev–Trinajstić information content (AvgIpc) is 2.12. The predicted molar refractivity (Wildman–Crippen MR) is 32.9 cm³/mol. The number of hydrogen-bond donors (Lipinski definition) is 0. The van der Waals surface area contributed by atoms with Crippen LogP contribution in [0, 0.1) is 0 Å². The van der Waals surface area contributed by atoms with Crippen LogP contribution >= 0.6 is 0 Å². The second kappa shape index (κ2) is 2.53. The lowest BCUT2D eigenvalue weighted by Crippen LogP contribution is -2.09. The molecule has 4 nitrogen and oxygen atoms in total. The van der Waals surface area contributed by atoms with Crippen LogP contribution in [0.15, 0.2) is 5.16 Å². The van der Waals surface area contributed by atoms with Crippen molar-refractivity contribution in [2.24, 2.45) is 5.16 Å². The maximum atomic E-state index is 11.9. The van der Waals surface area contributed by atoms with Gasteiger partial charge < -0.3 is 4.84 Å². The zero-order chi connectivity index (χ0) is 7.61. The topological polar surface area (TPSA) is 55.7 Å². The minimum atomic E-state index is -4.42. The van der Waals surface area contributed by atoms with Crippen LogP contribution in [-0.4, -0.2) is 26.5 Å². The van der Waals surface area contributed by atoms with Gasteiger partial charge in [-0.05, 0) is 0 Å². The summed E-state index contributed by atoms with van der Waals surface area (Å²) < 4.78 is 31.8. The van der Waals surface area contributed by atoms with Gasteiger partial charge in [-0.15, -0.1) is 3.89 Å². The zero-order valence-corrected chi connectivity index (χ0v) is 5.90. The molecule has 0 aromatic carbocycles. The molecule has 0 amide bonds. The van der Waals surface area contributed by atoms with Gasteiger partial charge in [-0.25, -0.2) is 0 Å². The fourth-order valence-corrected chi connectivity index (χ4v) is 1.24. The van der Waals surface area contributed by atoms with Crippen LogP contribution in [0.1, 0.15) is 6.42 Å². The minimum absolute atomic E-state index is 0.252. The van der Waals surface area contributed by atoms with Gasteiger partial charge in [-0.2, -0.15) is 8.42 Å². The van der Waals surface area contributed by atoms with E-state index in [9.17, 15) is 12.3 Å². The molecule has 10 heavy (non-hydrogen) atoms. The van der Waals surface area contributed by atoms with Gasteiger partial charge in [-0.1, -0.05) is 5.16 Å². The third-order valence-corrected chi connectivity index (χ3v) is 1.69. The van der Waals surface area contributed by atoms with Crippen LogP contribution in [0.2, 0.25) is 0 Å². The SMILES string of the molecule is O=S(=O)(F)CC1=NOCC1. The maximum Gasteiger partial charge on any atom is 0.307 e. The Balaban J connectivity index is 2.54. The summed E-state index contributed by atoms with van der Waals surface area (Å²) in [5.41, 5.74) is 0.252. The monoisotopic (exact) mass is 167 g/mol. The van der Waals surface area contributed by atoms with E-state index in [1.54, 1.807) is 0 Å². The van der Waals surface area contributed by atoms with Gasteiger partial charge in [0.15, 0.2) is 0 Å². The number of halogens is 1. The second-order valence-corrected chi connectivity index (χ2v) is 3.29. The first-order valence-corrected chi connectivity index (χ1v) is 4.23. The van der Waals surface area contributed by atoms with Crippen molar-refractivity contribution in [1.82, 2.24) is 0 Å². The molecule has 0 spiro atoms. The fourth-order valence-electron chi connectivity index (χ4n) is 0.644.